The Labute approximate surface area is 122 Å². The summed E-state index contributed by atoms with van der Waals surface area (Å²) in [5.41, 5.74) is 3.51. The van der Waals surface area contributed by atoms with Gasteiger partial charge in [-0.3, -0.25) is 10.1 Å². The summed E-state index contributed by atoms with van der Waals surface area (Å²) in [5.74, 6) is -1.37. The highest BCUT2D eigenvalue weighted by atomic mass is 32.2. The zero-order valence-corrected chi connectivity index (χ0v) is 12.8. The lowest BCUT2D eigenvalue weighted by Gasteiger charge is -2.32. The number of sulfonamides is 1. The van der Waals surface area contributed by atoms with Gasteiger partial charge in [0, 0.05) is 12.1 Å². The van der Waals surface area contributed by atoms with Gasteiger partial charge in [0.1, 0.15) is 0 Å². The van der Waals surface area contributed by atoms with Gasteiger partial charge in [0.25, 0.3) is 0 Å². The van der Waals surface area contributed by atoms with E-state index in [4.69, 9.17) is 5.73 Å². The van der Waals surface area contributed by atoms with Crippen molar-refractivity contribution in [1.29, 1.82) is 0 Å². The van der Waals surface area contributed by atoms with Crippen molar-refractivity contribution in [3.63, 3.8) is 0 Å². The third-order valence-electron chi connectivity index (χ3n) is 3.49. The van der Waals surface area contributed by atoms with Crippen molar-refractivity contribution in [2.45, 2.75) is 31.2 Å². The molecule has 0 saturated heterocycles. The summed E-state index contributed by atoms with van der Waals surface area (Å²) >= 11 is 0. The topological polar surface area (TPSA) is 115 Å². The molecule has 0 spiro atoms. The summed E-state index contributed by atoms with van der Waals surface area (Å²) in [6.45, 7) is 5.10. The number of rotatable bonds is 6. The monoisotopic (exact) mass is 319 g/mol. The Balaban J connectivity index is 3.40. The minimum absolute atomic E-state index is 0.00693. The summed E-state index contributed by atoms with van der Waals surface area (Å²) in [4.78, 5) is 9.14. The second-order valence-electron chi connectivity index (χ2n) is 5.23. The van der Waals surface area contributed by atoms with Crippen LogP contribution in [0.15, 0.2) is 23.1 Å². The van der Waals surface area contributed by atoms with Gasteiger partial charge < -0.3 is 5.73 Å². The Hall–Kier alpha value is -1.58. The molecule has 9 heteroatoms. The molecule has 0 fully saturated rings. The molecule has 0 aliphatic rings. The fraction of sp³-hybridized carbons (Fsp3) is 0.500. The average molecular weight is 319 g/mol. The molecule has 3 N–H and O–H groups in total. The highest BCUT2D eigenvalue weighted by Crippen LogP contribution is 2.28. The highest BCUT2D eigenvalue weighted by molar-refractivity contribution is 7.89. The Morgan fingerprint density at radius 2 is 2.05 bits per heavy atom. The van der Waals surface area contributed by atoms with Gasteiger partial charge in [-0.1, -0.05) is 19.9 Å². The number of nitrogens with one attached hydrogen (secondary N) is 1. The molecule has 1 atom stereocenters. The van der Waals surface area contributed by atoms with Crippen LogP contribution in [0.4, 0.5) is 10.1 Å². The van der Waals surface area contributed by atoms with Crippen LogP contribution in [-0.4, -0.2) is 25.4 Å². The molecule has 0 amide bonds. The van der Waals surface area contributed by atoms with Crippen LogP contribution in [0.25, 0.3) is 0 Å². The van der Waals surface area contributed by atoms with Gasteiger partial charge in [0.15, 0.2) is 4.90 Å². The van der Waals surface area contributed by atoms with Crippen LogP contribution in [0.1, 0.15) is 20.8 Å². The molecule has 1 unspecified atom stereocenters. The molecule has 1 aromatic carbocycles. The lowest BCUT2D eigenvalue weighted by molar-refractivity contribution is -0.390. The molecule has 0 aliphatic heterocycles. The smallest absolute Gasteiger partial charge is 0.324 e. The average Bonchev–Trinajstić information content (AvgIpc) is 2.37. The largest absolute Gasteiger partial charge is 0.329 e. The van der Waals surface area contributed by atoms with Crippen molar-refractivity contribution in [2.75, 3.05) is 6.54 Å². The van der Waals surface area contributed by atoms with Gasteiger partial charge in [0.2, 0.25) is 15.8 Å². The van der Waals surface area contributed by atoms with Gasteiger partial charge in [-0.2, -0.15) is 4.39 Å². The van der Waals surface area contributed by atoms with Crippen molar-refractivity contribution in [3.8, 4) is 0 Å². The predicted octanol–water partition coefficient (Wildman–Crippen LogP) is 1.39. The molecule has 21 heavy (non-hydrogen) atoms. The molecule has 118 valence electrons. The zero-order valence-electron chi connectivity index (χ0n) is 12.0. The van der Waals surface area contributed by atoms with Crippen LogP contribution < -0.4 is 10.5 Å². The summed E-state index contributed by atoms with van der Waals surface area (Å²) in [7, 11) is -4.28. The van der Waals surface area contributed by atoms with Gasteiger partial charge in [-0.25, -0.2) is 13.1 Å². The summed E-state index contributed by atoms with van der Waals surface area (Å²) < 4.78 is 40.6. The van der Waals surface area contributed by atoms with E-state index in [2.05, 4.69) is 4.72 Å². The maximum atomic E-state index is 13.5. The maximum Gasteiger partial charge on any atom is 0.324 e. The molecule has 1 rings (SSSR count). The van der Waals surface area contributed by atoms with Gasteiger partial charge >= 0.3 is 5.69 Å². The SMILES string of the molecule is CC(C)C(C)(CN)NS(=O)(=O)c1cccc(F)c1[N+](=O)[O-]. The minimum Gasteiger partial charge on any atom is -0.329 e. The number of hydrogen-bond donors (Lipinski definition) is 2. The van der Waals surface area contributed by atoms with Crippen LogP contribution in [0.2, 0.25) is 0 Å². The Kier molecular flexibility index (Phi) is 5.03. The number of para-hydroxylation sites is 1. The standard InChI is InChI=1S/C12H18FN3O4S/c1-8(2)12(3,7-14)15-21(19,20)10-6-4-5-9(13)11(10)16(17)18/h4-6,8,15H,7,14H2,1-3H3. The number of halogens is 1. The number of nitro groups is 1. The van der Waals surface area contributed by atoms with Crippen molar-refractivity contribution >= 4 is 15.7 Å². The van der Waals surface area contributed by atoms with Crippen molar-refractivity contribution in [2.24, 2.45) is 11.7 Å². The third kappa shape index (κ3) is 3.55. The first-order valence-corrected chi connectivity index (χ1v) is 7.70. The predicted molar refractivity (Wildman–Crippen MR) is 75.7 cm³/mol. The van der Waals surface area contributed by atoms with Gasteiger partial charge in [0.05, 0.1) is 4.92 Å². The molecule has 0 radical (unpaired) electrons. The van der Waals surface area contributed by atoms with Crippen LogP contribution >= 0.6 is 0 Å². The quantitative estimate of drug-likeness (QED) is 0.607. The first-order chi connectivity index (χ1) is 9.55. The van der Waals surface area contributed by atoms with Crippen LogP contribution in [0.5, 0.6) is 0 Å². The van der Waals surface area contributed by atoms with E-state index >= 15 is 0 Å². The van der Waals surface area contributed by atoms with E-state index in [9.17, 15) is 22.9 Å². The molecule has 1 aromatic rings. The second kappa shape index (κ2) is 6.04. The van der Waals surface area contributed by atoms with Gasteiger partial charge in [-0.05, 0) is 25.0 Å². The first-order valence-electron chi connectivity index (χ1n) is 6.22. The number of nitro benzene ring substituents is 1. The van der Waals surface area contributed by atoms with Crippen LogP contribution in [0.3, 0.4) is 0 Å². The van der Waals surface area contributed by atoms with E-state index < -0.39 is 36.9 Å². The molecular weight excluding hydrogens is 301 g/mol. The molecule has 7 nitrogen and oxygen atoms in total. The number of nitrogens with two attached hydrogens (primary N) is 1. The van der Waals surface area contributed by atoms with Crippen molar-refractivity contribution in [3.05, 3.63) is 34.1 Å². The number of nitrogens with zero attached hydrogens (tertiary/aromatic N) is 1. The van der Waals surface area contributed by atoms with Crippen molar-refractivity contribution < 1.29 is 17.7 Å². The van der Waals surface area contributed by atoms with Crippen LogP contribution in [-0.2, 0) is 10.0 Å². The summed E-state index contributed by atoms with van der Waals surface area (Å²) in [6.07, 6.45) is 0. The lowest BCUT2D eigenvalue weighted by Crippen LogP contribution is -2.54. The molecule has 0 aromatic heterocycles. The molecule has 0 saturated carbocycles. The van der Waals surface area contributed by atoms with Crippen molar-refractivity contribution in [1.82, 2.24) is 4.72 Å². The zero-order chi connectivity index (χ0) is 16.4. The van der Waals surface area contributed by atoms with E-state index in [1.165, 1.54) is 0 Å². The fourth-order valence-corrected chi connectivity index (χ4v) is 3.37. The van der Waals surface area contributed by atoms with E-state index in [0.29, 0.717) is 0 Å². The van der Waals surface area contributed by atoms with E-state index in [-0.39, 0.29) is 12.5 Å². The molecular formula is C12H18FN3O4S. The number of benzene rings is 1. The van der Waals surface area contributed by atoms with Crippen LogP contribution in [0, 0.1) is 21.8 Å². The van der Waals surface area contributed by atoms with E-state index in [1.54, 1.807) is 20.8 Å². The van der Waals surface area contributed by atoms with E-state index in [1.807, 2.05) is 0 Å². The summed E-state index contributed by atoms with van der Waals surface area (Å²) in [6, 6.07) is 2.93. The lowest BCUT2D eigenvalue weighted by atomic mass is 9.90. The van der Waals surface area contributed by atoms with E-state index in [0.717, 1.165) is 18.2 Å². The summed E-state index contributed by atoms with van der Waals surface area (Å²) in [5, 5.41) is 10.9. The third-order valence-corrected chi connectivity index (χ3v) is 5.13. The fourth-order valence-electron chi connectivity index (χ4n) is 1.65. The molecule has 0 bridgehead atoms. The first kappa shape index (κ1) is 17.5. The Morgan fingerprint density at radius 1 is 1.48 bits per heavy atom. The number of hydrogen-bond acceptors (Lipinski definition) is 5. The Morgan fingerprint density at radius 3 is 2.48 bits per heavy atom. The Bertz CT molecular complexity index is 648. The molecule has 0 heterocycles. The van der Waals surface area contributed by atoms with Gasteiger partial charge in [-0.15, -0.1) is 0 Å². The highest BCUT2D eigenvalue weighted by Gasteiger charge is 2.36. The minimum atomic E-state index is -4.28. The maximum absolute atomic E-state index is 13.5. The second-order valence-corrected chi connectivity index (χ2v) is 6.88. The normalized spacial score (nSPS) is 15.0. The molecule has 0 aliphatic carbocycles.